The number of carbonyl (C=O) groups is 1. The zero-order valence-electron chi connectivity index (χ0n) is 14.2. The first-order chi connectivity index (χ1) is 12.8. The minimum atomic E-state index is -4.54. The van der Waals surface area contributed by atoms with Gasteiger partial charge >= 0.3 is 6.18 Å². The SMILES string of the molecule is Cc1nccn1-c1cc(Nc2ccc(NC(=O)CC(F)(F)F)cc2)ncn1. The van der Waals surface area contributed by atoms with Crippen LogP contribution in [0.2, 0.25) is 0 Å². The van der Waals surface area contributed by atoms with E-state index < -0.39 is 18.5 Å². The van der Waals surface area contributed by atoms with E-state index in [9.17, 15) is 18.0 Å². The highest BCUT2D eigenvalue weighted by Gasteiger charge is 2.31. The summed E-state index contributed by atoms with van der Waals surface area (Å²) in [6.07, 6.45) is -1.21. The van der Waals surface area contributed by atoms with Crippen molar-refractivity contribution in [2.45, 2.75) is 19.5 Å². The van der Waals surface area contributed by atoms with E-state index in [0.29, 0.717) is 17.3 Å². The van der Waals surface area contributed by atoms with Crippen molar-refractivity contribution in [1.29, 1.82) is 0 Å². The van der Waals surface area contributed by atoms with Crippen molar-refractivity contribution in [2.24, 2.45) is 0 Å². The maximum atomic E-state index is 12.2. The molecule has 0 aliphatic rings. The van der Waals surface area contributed by atoms with E-state index >= 15 is 0 Å². The third-order valence-corrected chi connectivity index (χ3v) is 3.53. The second-order valence-corrected chi connectivity index (χ2v) is 5.65. The molecule has 3 aromatic rings. The summed E-state index contributed by atoms with van der Waals surface area (Å²) < 4.78 is 38.4. The Balaban J connectivity index is 1.67. The zero-order chi connectivity index (χ0) is 19.4. The number of imidazole rings is 1. The molecule has 0 radical (unpaired) electrons. The molecule has 1 aromatic carbocycles. The Labute approximate surface area is 152 Å². The van der Waals surface area contributed by atoms with E-state index in [0.717, 1.165) is 5.82 Å². The van der Waals surface area contributed by atoms with Gasteiger partial charge < -0.3 is 10.6 Å². The predicted octanol–water partition coefficient (Wildman–Crippen LogP) is 3.61. The molecule has 0 aliphatic carbocycles. The number of nitrogens with one attached hydrogen (secondary N) is 2. The number of hydrogen-bond acceptors (Lipinski definition) is 5. The molecule has 2 aromatic heterocycles. The van der Waals surface area contributed by atoms with Crippen molar-refractivity contribution in [3.63, 3.8) is 0 Å². The van der Waals surface area contributed by atoms with Gasteiger partial charge in [-0.1, -0.05) is 0 Å². The lowest BCUT2D eigenvalue weighted by Crippen LogP contribution is -2.21. The number of hydrogen-bond donors (Lipinski definition) is 2. The molecular formula is C17H15F3N6O. The molecule has 0 saturated heterocycles. The third-order valence-electron chi connectivity index (χ3n) is 3.53. The lowest BCUT2D eigenvalue weighted by Gasteiger charge is -2.10. The highest BCUT2D eigenvalue weighted by atomic mass is 19.4. The van der Waals surface area contributed by atoms with Gasteiger partial charge in [0.2, 0.25) is 5.91 Å². The zero-order valence-corrected chi connectivity index (χ0v) is 14.2. The molecule has 0 fully saturated rings. The van der Waals surface area contributed by atoms with Crippen LogP contribution in [0.25, 0.3) is 5.82 Å². The standard InChI is InChI=1S/C17H15F3N6O/c1-11-21-6-7-26(11)15-8-14(22-10-23-15)24-12-2-4-13(5-3-12)25-16(27)9-17(18,19)20/h2-8,10H,9H2,1H3,(H,25,27)(H,22,23,24). The summed E-state index contributed by atoms with van der Waals surface area (Å²) in [4.78, 5) is 23.8. The van der Waals surface area contributed by atoms with E-state index in [4.69, 9.17) is 0 Å². The minimum Gasteiger partial charge on any atom is -0.340 e. The fourth-order valence-corrected chi connectivity index (χ4v) is 2.34. The normalized spacial score (nSPS) is 11.3. The van der Waals surface area contributed by atoms with E-state index in [1.54, 1.807) is 35.2 Å². The Kier molecular flexibility index (Phi) is 5.06. The Hall–Kier alpha value is -3.43. The van der Waals surface area contributed by atoms with Gasteiger partial charge in [0, 0.05) is 29.8 Å². The summed E-state index contributed by atoms with van der Waals surface area (Å²) in [7, 11) is 0. The molecule has 0 spiro atoms. The summed E-state index contributed by atoms with van der Waals surface area (Å²) >= 11 is 0. The quantitative estimate of drug-likeness (QED) is 0.711. The van der Waals surface area contributed by atoms with Crippen LogP contribution in [-0.2, 0) is 4.79 Å². The Bertz CT molecular complexity index is 936. The number of alkyl halides is 3. The number of aromatic nitrogens is 4. The van der Waals surface area contributed by atoms with Crippen LogP contribution in [0.15, 0.2) is 49.1 Å². The molecule has 0 saturated carbocycles. The Morgan fingerprint density at radius 2 is 1.81 bits per heavy atom. The lowest BCUT2D eigenvalue weighted by molar-refractivity contribution is -0.150. The maximum absolute atomic E-state index is 12.2. The van der Waals surface area contributed by atoms with Crippen molar-refractivity contribution >= 4 is 23.1 Å². The topological polar surface area (TPSA) is 84.7 Å². The summed E-state index contributed by atoms with van der Waals surface area (Å²) in [6, 6.07) is 7.96. The molecule has 0 unspecified atom stereocenters. The van der Waals surface area contributed by atoms with Gasteiger partial charge in [-0.05, 0) is 31.2 Å². The average molecular weight is 376 g/mol. The van der Waals surface area contributed by atoms with Crippen LogP contribution in [0.1, 0.15) is 12.2 Å². The minimum absolute atomic E-state index is 0.271. The van der Waals surface area contributed by atoms with E-state index in [1.807, 2.05) is 6.92 Å². The summed E-state index contributed by atoms with van der Waals surface area (Å²) in [5, 5.41) is 5.27. The number of benzene rings is 1. The first-order valence-electron chi connectivity index (χ1n) is 7.86. The largest absolute Gasteiger partial charge is 0.397 e. The van der Waals surface area contributed by atoms with Crippen molar-refractivity contribution < 1.29 is 18.0 Å². The van der Waals surface area contributed by atoms with Gasteiger partial charge in [0.05, 0.1) is 0 Å². The first kappa shape index (κ1) is 18.4. The van der Waals surface area contributed by atoms with Gasteiger partial charge in [-0.15, -0.1) is 0 Å². The van der Waals surface area contributed by atoms with E-state index in [-0.39, 0.29) is 5.69 Å². The van der Waals surface area contributed by atoms with Crippen LogP contribution >= 0.6 is 0 Å². The first-order valence-corrected chi connectivity index (χ1v) is 7.86. The van der Waals surface area contributed by atoms with Crippen LogP contribution in [0.4, 0.5) is 30.4 Å². The highest BCUT2D eigenvalue weighted by molar-refractivity contribution is 5.91. The van der Waals surface area contributed by atoms with Crippen LogP contribution in [-0.4, -0.2) is 31.6 Å². The fourth-order valence-electron chi connectivity index (χ4n) is 2.34. The van der Waals surface area contributed by atoms with Gasteiger partial charge in [-0.3, -0.25) is 9.36 Å². The van der Waals surface area contributed by atoms with Crippen molar-refractivity contribution in [3.05, 3.63) is 54.9 Å². The molecule has 2 N–H and O–H groups in total. The summed E-state index contributed by atoms with van der Waals surface area (Å²) in [6.45, 7) is 1.85. The van der Waals surface area contributed by atoms with Crippen molar-refractivity contribution in [3.8, 4) is 5.82 Å². The predicted molar refractivity (Wildman–Crippen MR) is 92.9 cm³/mol. The number of rotatable bonds is 5. The number of nitrogens with zero attached hydrogens (tertiary/aromatic N) is 4. The van der Waals surface area contributed by atoms with Crippen LogP contribution < -0.4 is 10.6 Å². The molecule has 7 nitrogen and oxygen atoms in total. The molecule has 0 atom stereocenters. The Morgan fingerprint density at radius 3 is 2.44 bits per heavy atom. The number of anilines is 3. The smallest absolute Gasteiger partial charge is 0.340 e. The number of halogens is 3. The monoisotopic (exact) mass is 376 g/mol. The van der Waals surface area contributed by atoms with E-state index in [1.165, 1.54) is 18.5 Å². The highest BCUT2D eigenvalue weighted by Crippen LogP contribution is 2.22. The number of carbonyl (C=O) groups excluding carboxylic acids is 1. The third kappa shape index (κ3) is 5.03. The molecule has 0 bridgehead atoms. The van der Waals surface area contributed by atoms with E-state index in [2.05, 4.69) is 25.6 Å². The molecule has 0 aliphatic heterocycles. The summed E-state index contributed by atoms with van der Waals surface area (Å²) in [5.74, 6) is 0.832. The second-order valence-electron chi connectivity index (χ2n) is 5.65. The molecule has 1 amide bonds. The molecule has 3 rings (SSSR count). The molecule has 27 heavy (non-hydrogen) atoms. The number of aryl methyl sites for hydroxylation is 1. The van der Waals surface area contributed by atoms with Gasteiger partial charge in [-0.25, -0.2) is 15.0 Å². The van der Waals surface area contributed by atoms with Crippen LogP contribution in [0.5, 0.6) is 0 Å². The summed E-state index contributed by atoms with van der Waals surface area (Å²) in [5.41, 5.74) is 0.919. The average Bonchev–Trinajstić information content (AvgIpc) is 3.01. The van der Waals surface area contributed by atoms with Crippen LogP contribution in [0, 0.1) is 6.92 Å². The van der Waals surface area contributed by atoms with Crippen molar-refractivity contribution in [2.75, 3.05) is 10.6 Å². The maximum Gasteiger partial charge on any atom is 0.397 e. The molecule has 140 valence electrons. The molecule has 2 heterocycles. The lowest BCUT2D eigenvalue weighted by atomic mass is 10.2. The molecular weight excluding hydrogens is 361 g/mol. The fraction of sp³-hybridized carbons (Fsp3) is 0.176. The molecule has 10 heteroatoms. The second kappa shape index (κ2) is 7.44. The van der Waals surface area contributed by atoms with Crippen LogP contribution in [0.3, 0.4) is 0 Å². The van der Waals surface area contributed by atoms with Gasteiger partial charge in [0.15, 0.2) is 0 Å². The van der Waals surface area contributed by atoms with Gasteiger partial charge in [0.25, 0.3) is 0 Å². The Morgan fingerprint density at radius 1 is 1.11 bits per heavy atom. The van der Waals surface area contributed by atoms with Gasteiger partial charge in [-0.2, -0.15) is 13.2 Å². The van der Waals surface area contributed by atoms with Crippen molar-refractivity contribution in [1.82, 2.24) is 19.5 Å². The van der Waals surface area contributed by atoms with Gasteiger partial charge in [0.1, 0.15) is 30.2 Å². The number of amides is 1.